The van der Waals surface area contributed by atoms with E-state index in [9.17, 15) is 14.0 Å². The van der Waals surface area contributed by atoms with Crippen molar-refractivity contribution in [2.45, 2.75) is 12.8 Å². The predicted molar refractivity (Wildman–Crippen MR) is 82.5 cm³/mol. The first-order valence-electron chi connectivity index (χ1n) is 7.45. The third-order valence-corrected chi connectivity index (χ3v) is 4.05. The molecule has 6 heteroatoms. The van der Waals surface area contributed by atoms with Gasteiger partial charge in [-0.3, -0.25) is 9.59 Å². The van der Waals surface area contributed by atoms with Crippen LogP contribution in [0.2, 0.25) is 0 Å². The summed E-state index contributed by atoms with van der Waals surface area (Å²) in [4.78, 5) is 26.5. The SMILES string of the molecule is O=C(NCCC1CCNC1)c1cc(=O)[nH]c2cc(F)ccc12. The number of rotatable bonds is 4. The maximum Gasteiger partial charge on any atom is 0.252 e. The molecule has 3 N–H and O–H groups in total. The van der Waals surface area contributed by atoms with Gasteiger partial charge < -0.3 is 15.6 Å². The molecule has 5 nitrogen and oxygen atoms in total. The van der Waals surface area contributed by atoms with E-state index in [0.29, 0.717) is 23.4 Å². The number of aromatic amines is 1. The second-order valence-corrected chi connectivity index (χ2v) is 5.64. The van der Waals surface area contributed by atoms with Gasteiger partial charge in [0.1, 0.15) is 5.82 Å². The summed E-state index contributed by atoms with van der Waals surface area (Å²) >= 11 is 0. The number of hydrogen-bond acceptors (Lipinski definition) is 3. The number of carbonyl (C=O) groups is 1. The lowest BCUT2D eigenvalue weighted by Crippen LogP contribution is -2.27. The van der Waals surface area contributed by atoms with Gasteiger partial charge in [0.05, 0.1) is 11.1 Å². The summed E-state index contributed by atoms with van der Waals surface area (Å²) < 4.78 is 13.2. The molecular formula is C16H18FN3O2. The van der Waals surface area contributed by atoms with E-state index in [0.717, 1.165) is 25.9 Å². The van der Waals surface area contributed by atoms with E-state index in [1.807, 2.05) is 0 Å². The summed E-state index contributed by atoms with van der Waals surface area (Å²) in [6.07, 6.45) is 2.04. The molecule has 1 aliphatic rings. The summed E-state index contributed by atoms with van der Waals surface area (Å²) in [7, 11) is 0. The van der Waals surface area contributed by atoms with Gasteiger partial charge in [-0.25, -0.2) is 4.39 Å². The first-order chi connectivity index (χ1) is 10.6. The molecule has 0 saturated carbocycles. The summed E-state index contributed by atoms with van der Waals surface area (Å²) in [5.41, 5.74) is 0.198. The number of hydrogen-bond donors (Lipinski definition) is 3. The number of amides is 1. The molecule has 1 aromatic heterocycles. The molecule has 1 aliphatic heterocycles. The maximum atomic E-state index is 13.2. The Morgan fingerprint density at radius 2 is 2.23 bits per heavy atom. The summed E-state index contributed by atoms with van der Waals surface area (Å²) in [6, 6.07) is 5.27. The van der Waals surface area contributed by atoms with Gasteiger partial charge in [-0.05, 0) is 50.0 Å². The lowest BCUT2D eigenvalue weighted by atomic mass is 10.0. The van der Waals surface area contributed by atoms with Crippen LogP contribution in [0.4, 0.5) is 4.39 Å². The van der Waals surface area contributed by atoms with E-state index in [1.54, 1.807) is 0 Å². The van der Waals surface area contributed by atoms with Crippen LogP contribution in [0, 0.1) is 11.7 Å². The molecule has 0 bridgehead atoms. The molecule has 1 fully saturated rings. The van der Waals surface area contributed by atoms with Crippen molar-refractivity contribution in [2.24, 2.45) is 5.92 Å². The van der Waals surface area contributed by atoms with E-state index in [-0.39, 0.29) is 11.5 Å². The second kappa shape index (κ2) is 6.27. The van der Waals surface area contributed by atoms with Gasteiger partial charge in [0.2, 0.25) is 5.56 Å². The topological polar surface area (TPSA) is 74.0 Å². The Labute approximate surface area is 126 Å². The highest BCUT2D eigenvalue weighted by Crippen LogP contribution is 2.16. The van der Waals surface area contributed by atoms with Crippen LogP contribution in [-0.4, -0.2) is 30.5 Å². The first kappa shape index (κ1) is 14.7. The van der Waals surface area contributed by atoms with Gasteiger partial charge in [-0.2, -0.15) is 0 Å². The predicted octanol–water partition coefficient (Wildman–Crippen LogP) is 1.40. The highest BCUT2D eigenvalue weighted by atomic mass is 19.1. The smallest absolute Gasteiger partial charge is 0.252 e. The molecule has 1 unspecified atom stereocenters. The molecule has 22 heavy (non-hydrogen) atoms. The van der Waals surface area contributed by atoms with Crippen molar-refractivity contribution in [3.63, 3.8) is 0 Å². The standard InChI is InChI=1S/C16H18FN3O2/c17-11-1-2-12-13(8-15(21)20-14(12)7-11)16(22)19-6-4-10-3-5-18-9-10/h1-2,7-8,10,18H,3-6,9H2,(H,19,22)(H,20,21). The Bertz CT molecular complexity index is 751. The molecule has 0 aliphatic carbocycles. The molecule has 1 amide bonds. The lowest BCUT2D eigenvalue weighted by Gasteiger charge is -2.10. The molecule has 116 valence electrons. The molecule has 0 spiro atoms. The van der Waals surface area contributed by atoms with Crippen molar-refractivity contribution < 1.29 is 9.18 Å². The third kappa shape index (κ3) is 3.17. The fourth-order valence-corrected chi connectivity index (χ4v) is 2.87. The van der Waals surface area contributed by atoms with Crippen LogP contribution < -0.4 is 16.2 Å². The second-order valence-electron chi connectivity index (χ2n) is 5.64. The van der Waals surface area contributed by atoms with Gasteiger partial charge in [0.25, 0.3) is 5.91 Å². The Morgan fingerprint density at radius 1 is 1.36 bits per heavy atom. The zero-order valence-corrected chi connectivity index (χ0v) is 12.1. The van der Waals surface area contributed by atoms with Crippen molar-refractivity contribution in [1.29, 1.82) is 0 Å². The van der Waals surface area contributed by atoms with Gasteiger partial charge in [0.15, 0.2) is 0 Å². The van der Waals surface area contributed by atoms with Crippen LogP contribution in [0.25, 0.3) is 10.9 Å². The van der Waals surface area contributed by atoms with Crippen LogP contribution in [0.1, 0.15) is 23.2 Å². The highest BCUT2D eigenvalue weighted by molar-refractivity contribution is 6.05. The van der Waals surface area contributed by atoms with Crippen molar-refractivity contribution in [1.82, 2.24) is 15.6 Å². The van der Waals surface area contributed by atoms with Crippen LogP contribution in [0.15, 0.2) is 29.1 Å². The number of H-pyrrole nitrogens is 1. The van der Waals surface area contributed by atoms with E-state index in [1.165, 1.54) is 24.3 Å². The first-order valence-corrected chi connectivity index (χ1v) is 7.45. The number of nitrogens with one attached hydrogen (secondary N) is 3. The molecule has 1 aromatic carbocycles. The van der Waals surface area contributed by atoms with Gasteiger partial charge in [-0.15, -0.1) is 0 Å². The van der Waals surface area contributed by atoms with Gasteiger partial charge >= 0.3 is 0 Å². The fourth-order valence-electron chi connectivity index (χ4n) is 2.87. The van der Waals surface area contributed by atoms with Crippen molar-refractivity contribution in [2.75, 3.05) is 19.6 Å². The number of pyridine rings is 1. The van der Waals surface area contributed by atoms with Crippen molar-refractivity contribution >= 4 is 16.8 Å². The van der Waals surface area contributed by atoms with E-state index < -0.39 is 11.4 Å². The van der Waals surface area contributed by atoms with E-state index >= 15 is 0 Å². The number of carbonyl (C=O) groups excluding carboxylic acids is 1. The minimum absolute atomic E-state index is 0.281. The van der Waals surface area contributed by atoms with Crippen LogP contribution in [0.3, 0.4) is 0 Å². The summed E-state index contributed by atoms with van der Waals surface area (Å²) in [6.45, 7) is 2.59. The number of aromatic nitrogens is 1. The Kier molecular flexibility index (Phi) is 4.20. The molecule has 1 saturated heterocycles. The lowest BCUT2D eigenvalue weighted by molar-refractivity contribution is 0.0953. The molecule has 0 radical (unpaired) electrons. The fraction of sp³-hybridized carbons (Fsp3) is 0.375. The van der Waals surface area contributed by atoms with Gasteiger partial charge in [0, 0.05) is 18.0 Å². The molecule has 2 heterocycles. The normalized spacial score (nSPS) is 17.8. The quantitative estimate of drug-likeness (QED) is 0.799. The number of benzene rings is 1. The Morgan fingerprint density at radius 3 is 3.00 bits per heavy atom. The van der Waals surface area contributed by atoms with Crippen molar-refractivity contribution in [3.8, 4) is 0 Å². The molecule has 2 aromatic rings. The number of halogens is 1. The van der Waals surface area contributed by atoms with Crippen LogP contribution in [0.5, 0.6) is 0 Å². The zero-order valence-electron chi connectivity index (χ0n) is 12.1. The zero-order chi connectivity index (χ0) is 15.5. The molecular weight excluding hydrogens is 285 g/mol. The largest absolute Gasteiger partial charge is 0.352 e. The van der Waals surface area contributed by atoms with Crippen LogP contribution >= 0.6 is 0 Å². The van der Waals surface area contributed by atoms with Gasteiger partial charge in [-0.1, -0.05) is 0 Å². The third-order valence-electron chi connectivity index (χ3n) is 4.05. The average molecular weight is 303 g/mol. The summed E-state index contributed by atoms with van der Waals surface area (Å²) in [5.74, 6) is -0.159. The van der Waals surface area contributed by atoms with Crippen molar-refractivity contribution in [3.05, 3.63) is 46.0 Å². The highest BCUT2D eigenvalue weighted by Gasteiger charge is 2.16. The van der Waals surface area contributed by atoms with E-state index in [4.69, 9.17) is 0 Å². The van der Waals surface area contributed by atoms with Crippen LogP contribution in [-0.2, 0) is 0 Å². The minimum atomic E-state index is -0.450. The molecule has 3 rings (SSSR count). The van der Waals surface area contributed by atoms with E-state index in [2.05, 4.69) is 15.6 Å². The number of fused-ring (bicyclic) bond motifs is 1. The monoisotopic (exact) mass is 303 g/mol. The average Bonchev–Trinajstić information content (AvgIpc) is 2.99. The Hall–Kier alpha value is -2.21. The molecule has 1 atom stereocenters. The summed E-state index contributed by atoms with van der Waals surface area (Å²) in [5, 5.41) is 6.67. The minimum Gasteiger partial charge on any atom is -0.352 e. The maximum absolute atomic E-state index is 13.2. The Balaban J connectivity index is 1.76.